The van der Waals surface area contributed by atoms with Gasteiger partial charge in [-0.2, -0.15) is 0 Å². The number of ether oxygens (including phenoxy) is 3. The predicted molar refractivity (Wildman–Crippen MR) is 183 cm³/mol. The molecule has 0 bridgehead atoms. The van der Waals surface area contributed by atoms with Crippen LogP contribution in [-0.2, 0) is 28.6 Å². The summed E-state index contributed by atoms with van der Waals surface area (Å²) in [5.41, 5.74) is 0.699. The van der Waals surface area contributed by atoms with Crippen molar-refractivity contribution in [3.05, 3.63) is 47.9 Å². The third kappa shape index (κ3) is 13.4. The summed E-state index contributed by atoms with van der Waals surface area (Å²) in [7, 11) is 0. The molecule has 0 aliphatic rings. The van der Waals surface area contributed by atoms with Crippen molar-refractivity contribution in [3.63, 3.8) is 0 Å². The molecule has 2 aromatic heterocycles. The molecule has 0 saturated carbocycles. The van der Waals surface area contributed by atoms with E-state index in [-0.39, 0.29) is 105 Å². The van der Waals surface area contributed by atoms with E-state index in [1.165, 1.54) is 12.4 Å². The molecule has 11 nitrogen and oxygen atoms in total. The predicted octanol–water partition coefficient (Wildman–Crippen LogP) is 5.49. The Hall–Kier alpha value is -3.67. The van der Waals surface area contributed by atoms with E-state index >= 15 is 0 Å². The van der Waals surface area contributed by atoms with E-state index in [1.54, 1.807) is 31.2 Å². The summed E-state index contributed by atoms with van der Waals surface area (Å²) in [5.74, 6) is -0.667. The fraction of sp³-hybridized carbons (Fsp3) is 0.595. The van der Waals surface area contributed by atoms with Gasteiger partial charge < -0.3 is 19.5 Å². The van der Waals surface area contributed by atoms with Crippen LogP contribution in [0.15, 0.2) is 36.7 Å². The maximum Gasteiger partial charge on any atom is 0.270 e. The third-order valence-corrected chi connectivity index (χ3v) is 8.09. The maximum atomic E-state index is 13.6. The molecule has 0 radical (unpaired) electrons. The second kappa shape index (κ2) is 20.6. The van der Waals surface area contributed by atoms with Gasteiger partial charge >= 0.3 is 0 Å². The van der Waals surface area contributed by atoms with Crippen molar-refractivity contribution >= 4 is 29.0 Å². The highest BCUT2D eigenvalue weighted by atomic mass is 16.5. The van der Waals surface area contributed by atoms with Crippen LogP contribution in [0.1, 0.15) is 101 Å². The minimum Gasteiger partial charge on any atom is -0.378 e. The average molecular weight is 668 g/mol. The number of hydrogen-bond acceptors (Lipinski definition) is 10. The van der Waals surface area contributed by atoms with Crippen molar-refractivity contribution in [2.45, 2.75) is 86.1 Å². The Bertz CT molecular complexity index is 1340. The number of nitrogens with one attached hydrogen (secondary N) is 1. The molecular formula is C37H53N3O8. The number of nitrogens with zero attached hydrogens (tertiary/aromatic N) is 2. The smallest absolute Gasteiger partial charge is 0.270 e. The van der Waals surface area contributed by atoms with Crippen LogP contribution in [0.25, 0.3) is 11.3 Å². The van der Waals surface area contributed by atoms with Gasteiger partial charge in [0.15, 0.2) is 5.78 Å². The summed E-state index contributed by atoms with van der Waals surface area (Å²) in [6.07, 6.45) is 4.84. The van der Waals surface area contributed by atoms with Gasteiger partial charge in [0.1, 0.15) is 28.6 Å². The Kier molecular flexibility index (Phi) is 17.4. The quantitative estimate of drug-likeness (QED) is 0.112. The number of Topliss-reactive ketones (excluding diaryl/α,β-unsaturated/α-hetero) is 4. The van der Waals surface area contributed by atoms with E-state index in [0.717, 1.165) is 6.42 Å². The van der Waals surface area contributed by atoms with Crippen LogP contribution in [-0.4, -0.2) is 84.2 Å². The first-order chi connectivity index (χ1) is 22.8. The number of hydrogen-bond donors (Lipinski definition) is 1. The normalized spacial score (nSPS) is 13.3. The molecule has 48 heavy (non-hydrogen) atoms. The van der Waals surface area contributed by atoms with Gasteiger partial charge in [-0.3, -0.25) is 33.9 Å². The molecule has 2 rings (SSSR count). The molecule has 0 fully saturated rings. The van der Waals surface area contributed by atoms with Crippen LogP contribution >= 0.6 is 0 Å². The molecule has 0 aliphatic carbocycles. The standard InChI is InChI=1S/C37H53N3O8/c1-8-27(7)34(43)16-19-48-24-37(22-46-17-14-30(41)9-2,23-47-18-15-33(42)25(3)4)40-36(45)32-13-10-28(20-39-32)31-12-11-29(21-38-31)35(44)26(5)6/h10-13,20-21,25-27H,8-9,14-19,22-24H2,1-7H3,(H,40,45). The van der Waals surface area contributed by atoms with Crippen LogP contribution in [0, 0.1) is 17.8 Å². The molecule has 0 saturated heterocycles. The minimum atomic E-state index is -1.21. The van der Waals surface area contributed by atoms with E-state index in [0.29, 0.717) is 23.2 Å². The van der Waals surface area contributed by atoms with Crippen molar-refractivity contribution in [3.8, 4) is 11.3 Å². The fourth-order valence-electron chi connectivity index (χ4n) is 4.54. The first-order valence-corrected chi connectivity index (χ1v) is 16.9. The highest BCUT2D eigenvalue weighted by molar-refractivity contribution is 5.97. The number of amides is 1. The lowest BCUT2D eigenvalue weighted by molar-refractivity contribution is -0.124. The van der Waals surface area contributed by atoms with Crippen LogP contribution in [0.2, 0.25) is 0 Å². The van der Waals surface area contributed by atoms with Crippen LogP contribution in [0.3, 0.4) is 0 Å². The monoisotopic (exact) mass is 667 g/mol. The molecule has 1 N–H and O–H groups in total. The summed E-state index contributed by atoms with van der Waals surface area (Å²) >= 11 is 0. The molecule has 0 spiro atoms. The number of pyridine rings is 2. The Morgan fingerprint density at radius 3 is 1.81 bits per heavy atom. The maximum absolute atomic E-state index is 13.6. The van der Waals surface area contributed by atoms with Gasteiger partial charge in [0, 0.05) is 67.0 Å². The molecule has 2 atom stereocenters. The van der Waals surface area contributed by atoms with E-state index in [9.17, 15) is 24.0 Å². The van der Waals surface area contributed by atoms with E-state index in [2.05, 4.69) is 15.3 Å². The summed E-state index contributed by atoms with van der Waals surface area (Å²) < 4.78 is 17.8. The molecule has 11 heteroatoms. The Balaban J connectivity index is 2.27. The number of rotatable bonds is 24. The molecule has 0 aliphatic heterocycles. The van der Waals surface area contributed by atoms with Crippen molar-refractivity contribution in [1.82, 2.24) is 15.3 Å². The molecule has 2 unspecified atom stereocenters. The number of ketones is 4. The lowest BCUT2D eigenvalue weighted by atomic mass is 10.0. The van der Waals surface area contributed by atoms with Crippen molar-refractivity contribution in [2.75, 3.05) is 39.6 Å². The Morgan fingerprint density at radius 1 is 0.729 bits per heavy atom. The van der Waals surface area contributed by atoms with Gasteiger partial charge in [-0.1, -0.05) is 48.5 Å². The SMILES string of the molecule is CCC(=O)CCOCC(COCCC(=O)C(C)C)(COCCC(=O)C(C)CC)NC(=O)c1ccc(-c2ccc(C(=O)C(C)C)cn2)cn1. The van der Waals surface area contributed by atoms with Crippen molar-refractivity contribution in [2.24, 2.45) is 17.8 Å². The molecule has 1 amide bonds. The third-order valence-electron chi connectivity index (χ3n) is 8.09. The van der Waals surface area contributed by atoms with Gasteiger partial charge in [0.05, 0.1) is 45.3 Å². The molecule has 0 aromatic carbocycles. The second-order valence-corrected chi connectivity index (χ2v) is 12.8. The number of aromatic nitrogens is 2. The zero-order chi connectivity index (χ0) is 35.7. The summed E-state index contributed by atoms with van der Waals surface area (Å²) in [5, 5.41) is 2.99. The number of carbonyl (C=O) groups is 5. The van der Waals surface area contributed by atoms with E-state index < -0.39 is 11.4 Å². The fourth-order valence-corrected chi connectivity index (χ4v) is 4.54. The lowest BCUT2D eigenvalue weighted by Crippen LogP contribution is -2.59. The van der Waals surface area contributed by atoms with E-state index in [1.807, 2.05) is 41.5 Å². The minimum absolute atomic E-state index is 0.00483. The summed E-state index contributed by atoms with van der Waals surface area (Å²) in [6.45, 7) is 13.2. The zero-order valence-electron chi connectivity index (χ0n) is 29.6. The zero-order valence-corrected chi connectivity index (χ0v) is 29.6. The van der Waals surface area contributed by atoms with Gasteiger partial charge in [0.2, 0.25) is 0 Å². The summed E-state index contributed by atoms with van der Waals surface area (Å²) in [6, 6.07) is 6.74. The van der Waals surface area contributed by atoms with Gasteiger partial charge in [-0.25, -0.2) is 0 Å². The first-order valence-electron chi connectivity index (χ1n) is 16.9. The Labute approximate surface area is 284 Å². The Morgan fingerprint density at radius 2 is 1.33 bits per heavy atom. The molecular weight excluding hydrogens is 614 g/mol. The lowest BCUT2D eigenvalue weighted by Gasteiger charge is -2.34. The first kappa shape index (κ1) is 40.5. The molecule has 264 valence electrons. The summed E-state index contributed by atoms with van der Waals surface area (Å²) in [4.78, 5) is 71.2. The van der Waals surface area contributed by atoms with Crippen LogP contribution < -0.4 is 5.32 Å². The number of carbonyl (C=O) groups excluding carboxylic acids is 5. The average Bonchev–Trinajstić information content (AvgIpc) is 3.09. The highest BCUT2D eigenvalue weighted by Gasteiger charge is 2.35. The largest absolute Gasteiger partial charge is 0.378 e. The molecule has 2 heterocycles. The van der Waals surface area contributed by atoms with Gasteiger partial charge in [0.25, 0.3) is 5.91 Å². The molecule has 2 aromatic rings. The van der Waals surface area contributed by atoms with Crippen LogP contribution in [0.5, 0.6) is 0 Å². The van der Waals surface area contributed by atoms with E-state index in [4.69, 9.17) is 14.2 Å². The second-order valence-electron chi connectivity index (χ2n) is 12.8. The van der Waals surface area contributed by atoms with Crippen LogP contribution in [0.4, 0.5) is 0 Å². The highest BCUT2D eigenvalue weighted by Crippen LogP contribution is 2.19. The van der Waals surface area contributed by atoms with Gasteiger partial charge in [-0.05, 0) is 30.7 Å². The van der Waals surface area contributed by atoms with Gasteiger partial charge in [-0.15, -0.1) is 0 Å². The van der Waals surface area contributed by atoms with Crippen molar-refractivity contribution in [1.29, 1.82) is 0 Å². The topological polar surface area (TPSA) is 151 Å². The van der Waals surface area contributed by atoms with Crippen molar-refractivity contribution < 1.29 is 38.2 Å².